The molecule has 0 aliphatic carbocycles. The molecule has 0 radical (unpaired) electrons. The average molecular weight is 399 g/mol. The summed E-state index contributed by atoms with van der Waals surface area (Å²) in [6.45, 7) is 0.269. The van der Waals surface area contributed by atoms with Gasteiger partial charge in [-0.1, -0.05) is 23.7 Å². The van der Waals surface area contributed by atoms with Gasteiger partial charge >= 0.3 is 0 Å². The lowest BCUT2D eigenvalue weighted by Gasteiger charge is -2.08. The zero-order chi connectivity index (χ0) is 19.7. The van der Waals surface area contributed by atoms with Gasteiger partial charge in [0.2, 0.25) is 0 Å². The summed E-state index contributed by atoms with van der Waals surface area (Å²) < 4.78 is 41.9. The maximum atomic E-state index is 13.6. The van der Waals surface area contributed by atoms with E-state index < -0.39 is 0 Å². The van der Waals surface area contributed by atoms with Gasteiger partial charge in [-0.25, -0.2) is 13.2 Å². The van der Waals surface area contributed by atoms with Crippen molar-refractivity contribution >= 4 is 11.6 Å². The number of halogens is 4. The molecule has 0 amide bonds. The molecule has 0 N–H and O–H groups in total. The zero-order valence-corrected chi connectivity index (χ0v) is 15.3. The first-order chi connectivity index (χ1) is 13.5. The van der Waals surface area contributed by atoms with Gasteiger partial charge in [0.15, 0.2) is 0 Å². The van der Waals surface area contributed by atoms with Crippen LogP contribution in [0.25, 0.3) is 22.5 Å². The highest BCUT2D eigenvalue weighted by molar-refractivity contribution is 6.35. The molecule has 0 saturated carbocycles. The Balaban J connectivity index is 1.86. The van der Waals surface area contributed by atoms with Crippen molar-refractivity contribution in [1.82, 2.24) is 9.78 Å². The standard InChI is InChI=1S/C22H14ClF3N2/c23-20-21(15-4-8-17(24)9-5-15)27-28(13-14-2-1-3-19(26)12-14)22(20)16-6-10-18(25)11-7-16/h1-12H,13H2. The summed E-state index contributed by atoms with van der Waals surface area (Å²) in [6.07, 6.45) is 0. The minimum absolute atomic E-state index is 0.269. The second-order valence-electron chi connectivity index (χ2n) is 6.31. The van der Waals surface area contributed by atoms with E-state index in [2.05, 4.69) is 5.10 Å². The number of nitrogens with zero attached hydrogens (tertiary/aromatic N) is 2. The van der Waals surface area contributed by atoms with Crippen molar-refractivity contribution < 1.29 is 13.2 Å². The van der Waals surface area contributed by atoms with Gasteiger partial charge in [-0.2, -0.15) is 5.10 Å². The van der Waals surface area contributed by atoms with Crippen LogP contribution < -0.4 is 0 Å². The predicted octanol–water partition coefficient (Wildman–Crippen LogP) is 6.34. The Bertz CT molecular complexity index is 1120. The monoisotopic (exact) mass is 398 g/mol. The quantitative estimate of drug-likeness (QED) is 0.392. The number of rotatable bonds is 4. The highest BCUT2D eigenvalue weighted by Crippen LogP contribution is 2.37. The molecule has 0 spiro atoms. The normalized spacial score (nSPS) is 11.0. The third kappa shape index (κ3) is 3.66. The summed E-state index contributed by atoms with van der Waals surface area (Å²) in [5, 5.41) is 4.94. The molecule has 2 nitrogen and oxygen atoms in total. The molecular formula is C22H14ClF3N2. The smallest absolute Gasteiger partial charge is 0.123 e. The maximum absolute atomic E-state index is 13.6. The fourth-order valence-electron chi connectivity index (χ4n) is 3.04. The van der Waals surface area contributed by atoms with Crippen LogP contribution in [-0.4, -0.2) is 9.78 Å². The summed E-state index contributed by atoms with van der Waals surface area (Å²) in [5.41, 5.74) is 3.06. The van der Waals surface area contributed by atoms with Crippen LogP contribution in [0.1, 0.15) is 5.56 Å². The van der Waals surface area contributed by atoms with Gasteiger partial charge in [-0.05, 0) is 66.2 Å². The van der Waals surface area contributed by atoms with Crippen LogP contribution in [0.5, 0.6) is 0 Å². The predicted molar refractivity (Wildman–Crippen MR) is 104 cm³/mol. The second-order valence-corrected chi connectivity index (χ2v) is 6.69. The minimum Gasteiger partial charge on any atom is -0.258 e. The molecule has 4 rings (SSSR count). The van der Waals surface area contributed by atoms with Crippen LogP contribution in [-0.2, 0) is 6.54 Å². The molecule has 0 bridgehead atoms. The van der Waals surface area contributed by atoms with Crippen molar-refractivity contribution in [2.24, 2.45) is 0 Å². The van der Waals surface area contributed by atoms with Crippen LogP contribution in [0.15, 0.2) is 72.8 Å². The van der Waals surface area contributed by atoms with E-state index in [9.17, 15) is 13.2 Å². The Morgan fingerprint density at radius 3 is 1.96 bits per heavy atom. The molecule has 140 valence electrons. The van der Waals surface area contributed by atoms with Gasteiger partial charge in [0.05, 0.1) is 17.3 Å². The lowest BCUT2D eigenvalue weighted by Crippen LogP contribution is -2.04. The number of hydrogen-bond donors (Lipinski definition) is 0. The summed E-state index contributed by atoms with van der Waals surface area (Å²) >= 11 is 6.63. The SMILES string of the molecule is Fc1ccc(-c2nn(Cc3cccc(F)c3)c(-c3ccc(F)cc3)c2Cl)cc1. The van der Waals surface area contributed by atoms with Crippen LogP contribution >= 0.6 is 11.6 Å². The number of aromatic nitrogens is 2. The van der Waals surface area contributed by atoms with Crippen LogP contribution in [0.2, 0.25) is 5.02 Å². The molecule has 1 heterocycles. The van der Waals surface area contributed by atoms with E-state index in [1.807, 2.05) is 0 Å². The first kappa shape index (κ1) is 18.3. The van der Waals surface area contributed by atoms with Gasteiger partial charge in [0, 0.05) is 11.1 Å². The van der Waals surface area contributed by atoms with Crippen LogP contribution in [0, 0.1) is 17.5 Å². The van der Waals surface area contributed by atoms with Gasteiger partial charge in [-0.15, -0.1) is 0 Å². The molecule has 28 heavy (non-hydrogen) atoms. The lowest BCUT2D eigenvalue weighted by atomic mass is 10.1. The summed E-state index contributed by atoms with van der Waals surface area (Å²) in [4.78, 5) is 0. The average Bonchev–Trinajstić information content (AvgIpc) is 2.99. The van der Waals surface area contributed by atoms with E-state index in [0.717, 1.165) is 0 Å². The Hall–Kier alpha value is -3.05. The molecule has 4 aromatic rings. The number of hydrogen-bond acceptors (Lipinski definition) is 1. The fourth-order valence-corrected chi connectivity index (χ4v) is 3.39. The third-order valence-corrected chi connectivity index (χ3v) is 4.71. The third-order valence-electron chi connectivity index (χ3n) is 4.35. The Labute approximate surface area is 164 Å². The Morgan fingerprint density at radius 1 is 0.750 bits per heavy atom. The van der Waals surface area contributed by atoms with Gasteiger partial charge < -0.3 is 0 Å². The first-order valence-electron chi connectivity index (χ1n) is 8.54. The van der Waals surface area contributed by atoms with Crippen molar-refractivity contribution in [3.8, 4) is 22.5 Å². The molecule has 0 saturated heterocycles. The van der Waals surface area contributed by atoms with Crippen molar-refractivity contribution in [2.75, 3.05) is 0 Å². The molecule has 1 aromatic heterocycles. The molecule has 3 aromatic carbocycles. The summed E-state index contributed by atoms with van der Waals surface area (Å²) in [7, 11) is 0. The molecular weight excluding hydrogens is 385 g/mol. The van der Waals surface area contributed by atoms with E-state index in [1.165, 1.54) is 36.4 Å². The van der Waals surface area contributed by atoms with Crippen LogP contribution in [0.3, 0.4) is 0 Å². The van der Waals surface area contributed by atoms with Gasteiger partial charge in [0.1, 0.15) is 23.1 Å². The Kier molecular flexibility index (Phi) is 4.92. The largest absolute Gasteiger partial charge is 0.258 e. The summed E-state index contributed by atoms with van der Waals surface area (Å²) in [5.74, 6) is -1.08. The van der Waals surface area contributed by atoms with Crippen molar-refractivity contribution in [3.05, 3.63) is 101 Å². The van der Waals surface area contributed by atoms with Crippen LogP contribution in [0.4, 0.5) is 13.2 Å². The van der Waals surface area contributed by atoms with E-state index in [0.29, 0.717) is 33.1 Å². The first-order valence-corrected chi connectivity index (χ1v) is 8.91. The van der Waals surface area contributed by atoms with E-state index >= 15 is 0 Å². The molecule has 0 aliphatic heterocycles. The van der Waals surface area contributed by atoms with Crippen molar-refractivity contribution in [2.45, 2.75) is 6.54 Å². The topological polar surface area (TPSA) is 17.8 Å². The highest BCUT2D eigenvalue weighted by Gasteiger charge is 2.19. The Morgan fingerprint density at radius 2 is 1.36 bits per heavy atom. The molecule has 0 fully saturated rings. The minimum atomic E-state index is -0.366. The molecule has 6 heteroatoms. The fraction of sp³-hybridized carbons (Fsp3) is 0.0455. The van der Waals surface area contributed by atoms with E-state index in [-0.39, 0.29) is 24.0 Å². The maximum Gasteiger partial charge on any atom is 0.123 e. The lowest BCUT2D eigenvalue weighted by molar-refractivity contribution is 0.619. The van der Waals surface area contributed by atoms with E-state index in [4.69, 9.17) is 11.6 Å². The molecule has 0 unspecified atom stereocenters. The molecule has 0 aliphatic rings. The van der Waals surface area contributed by atoms with Crippen molar-refractivity contribution in [3.63, 3.8) is 0 Å². The molecule has 0 atom stereocenters. The van der Waals surface area contributed by atoms with Gasteiger partial charge in [-0.3, -0.25) is 4.68 Å². The zero-order valence-electron chi connectivity index (χ0n) is 14.5. The summed E-state index contributed by atoms with van der Waals surface area (Å²) in [6, 6.07) is 17.9. The number of benzene rings is 3. The van der Waals surface area contributed by atoms with Crippen molar-refractivity contribution in [1.29, 1.82) is 0 Å². The highest BCUT2D eigenvalue weighted by atomic mass is 35.5. The van der Waals surface area contributed by atoms with Gasteiger partial charge in [0.25, 0.3) is 0 Å². The second kappa shape index (κ2) is 7.52. The van der Waals surface area contributed by atoms with E-state index in [1.54, 1.807) is 41.1 Å².